The van der Waals surface area contributed by atoms with E-state index in [4.69, 9.17) is 9.51 Å². The lowest BCUT2D eigenvalue weighted by molar-refractivity contribution is 0.385. The molecular formula is C26H22N4O2S. The van der Waals surface area contributed by atoms with Crippen molar-refractivity contribution >= 4 is 22.7 Å². The zero-order chi connectivity index (χ0) is 22.8. The van der Waals surface area contributed by atoms with Crippen molar-refractivity contribution in [1.29, 1.82) is 0 Å². The molecule has 6 nitrogen and oxygen atoms in total. The third-order valence-electron chi connectivity index (χ3n) is 5.60. The zero-order valence-electron chi connectivity index (χ0n) is 18.4. The normalized spacial score (nSPS) is 11.2. The van der Waals surface area contributed by atoms with Gasteiger partial charge in [0.1, 0.15) is 0 Å². The second-order valence-corrected chi connectivity index (χ2v) is 8.77. The van der Waals surface area contributed by atoms with Crippen LogP contribution in [0.4, 0.5) is 0 Å². The van der Waals surface area contributed by atoms with Crippen LogP contribution in [0.25, 0.3) is 16.6 Å². The molecule has 7 heteroatoms. The van der Waals surface area contributed by atoms with E-state index in [1.165, 1.54) is 11.8 Å². The van der Waals surface area contributed by atoms with Gasteiger partial charge in [-0.15, -0.1) is 0 Å². The number of nitrogens with zero attached hydrogens (tertiary/aromatic N) is 4. The van der Waals surface area contributed by atoms with Crippen LogP contribution in [-0.2, 0) is 12.2 Å². The van der Waals surface area contributed by atoms with E-state index in [-0.39, 0.29) is 5.56 Å². The lowest BCUT2D eigenvalue weighted by atomic mass is 10.1. The molecule has 33 heavy (non-hydrogen) atoms. The Hall–Kier alpha value is -3.71. The van der Waals surface area contributed by atoms with Crippen LogP contribution < -0.4 is 5.56 Å². The van der Waals surface area contributed by atoms with Crippen LogP contribution in [0.3, 0.4) is 0 Å². The minimum absolute atomic E-state index is 0.0907. The summed E-state index contributed by atoms with van der Waals surface area (Å²) in [5.74, 6) is 1.55. The maximum atomic E-state index is 13.5. The topological polar surface area (TPSA) is 73.8 Å². The third-order valence-corrected chi connectivity index (χ3v) is 6.53. The van der Waals surface area contributed by atoms with Crippen LogP contribution in [0.5, 0.6) is 0 Å². The molecule has 0 atom stereocenters. The maximum Gasteiger partial charge on any atom is 0.266 e. The number of rotatable bonds is 6. The quantitative estimate of drug-likeness (QED) is 0.257. The fourth-order valence-electron chi connectivity index (χ4n) is 3.72. The highest BCUT2D eigenvalue weighted by Gasteiger charge is 2.17. The molecular weight excluding hydrogens is 432 g/mol. The minimum atomic E-state index is -0.0907. The van der Waals surface area contributed by atoms with Crippen LogP contribution in [-0.4, -0.2) is 19.7 Å². The van der Waals surface area contributed by atoms with Gasteiger partial charge >= 0.3 is 0 Å². The molecule has 0 N–H and O–H groups in total. The largest absolute Gasteiger partial charge is 0.338 e. The lowest BCUT2D eigenvalue weighted by Gasteiger charge is -2.15. The first-order valence-electron chi connectivity index (χ1n) is 10.7. The highest BCUT2D eigenvalue weighted by atomic mass is 32.2. The Balaban J connectivity index is 1.49. The van der Waals surface area contributed by atoms with E-state index < -0.39 is 0 Å². The molecule has 0 aliphatic carbocycles. The summed E-state index contributed by atoms with van der Waals surface area (Å²) in [7, 11) is 0. The second kappa shape index (κ2) is 9.03. The van der Waals surface area contributed by atoms with Crippen LogP contribution in [0, 0.1) is 13.8 Å². The standard InChI is InChI=1S/C26H22N4O2S/c1-17-9-8-14-22(18(17)2)30-25(31)20-12-6-7-13-21(20)27-26(30)33-16-24-28-23(29-32-24)15-19-10-4-3-5-11-19/h3-14H,15-16H2,1-2H3. The summed E-state index contributed by atoms with van der Waals surface area (Å²) in [6.45, 7) is 4.06. The average molecular weight is 455 g/mol. The Morgan fingerprint density at radius 3 is 2.55 bits per heavy atom. The first-order valence-corrected chi connectivity index (χ1v) is 11.7. The van der Waals surface area contributed by atoms with E-state index >= 15 is 0 Å². The SMILES string of the molecule is Cc1cccc(-n2c(SCc3nc(Cc4ccccc4)no3)nc3ccccc3c2=O)c1C. The summed E-state index contributed by atoms with van der Waals surface area (Å²) in [5, 5.41) is 5.29. The Bertz CT molecular complexity index is 1490. The number of benzene rings is 3. The lowest BCUT2D eigenvalue weighted by Crippen LogP contribution is -2.22. The molecule has 0 unspecified atom stereocenters. The van der Waals surface area contributed by atoms with Crippen molar-refractivity contribution in [3.05, 3.63) is 112 Å². The van der Waals surface area contributed by atoms with Crippen LogP contribution in [0.1, 0.15) is 28.4 Å². The van der Waals surface area contributed by atoms with Gasteiger partial charge in [0.15, 0.2) is 11.0 Å². The van der Waals surface area contributed by atoms with Crippen LogP contribution in [0.2, 0.25) is 0 Å². The summed E-state index contributed by atoms with van der Waals surface area (Å²) < 4.78 is 7.16. The molecule has 3 aromatic carbocycles. The summed E-state index contributed by atoms with van der Waals surface area (Å²) in [6.07, 6.45) is 0.608. The second-order valence-electron chi connectivity index (χ2n) is 7.83. The zero-order valence-corrected chi connectivity index (χ0v) is 19.2. The molecule has 0 bridgehead atoms. The molecule has 2 heterocycles. The van der Waals surface area contributed by atoms with Crippen molar-refractivity contribution in [2.75, 3.05) is 0 Å². The van der Waals surface area contributed by atoms with E-state index in [1.54, 1.807) is 4.57 Å². The first-order chi connectivity index (χ1) is 16.1. The van der Waals surface area contributed by atoms with Crippen molar-refractivity contribution in [3.8, 4) is 5.69 Å². The van der Waals surface area contributed by atoms with Gasteiger partial charge in [-0.2, -0.15) is 4.98 Å². The summed E-state index contributed by atoms with van der Waals surface area (Å²) in [5.41, 5.74) is 4.69. The maximum absolute atomic E-state index is 13.5. The highest BCUT2D eigenvalue weighted by Crippen LogP contribution is 2.26. The Morgan fingerprint density at radius 1 is 0.909 bits per heavy atom. The van der Waals surface area contributed by atoms with E-state index in [1.807, 2.05) is 86.6 Å². The van der Waals surface area contributed by atoms with Gasteiger partial charge in [-0.1, -0.05) is 71.5 Å². The predicted octanol–water partition coefficient (Wildman–Crippen LogP) is 5.27. The molecule has 164 valence electrons. The van der Waals surface area contributed by atoms with Gasteiger partial charge in [0.2, 0.25) is 5.89 Å². The van der Waals surface area contributed by atoms with Crippen molar-refractivity contribution in [2.24, 2.45) is 0 Å². The van der Waals surface area contributed by atoms with Crippen LogP contribution in [0.15, 0.2) is 87.3 Å². The summed E-state index contributed by atoms with van der Waals surface area (Å²) in [4.78, 5) is 22.8. The van der Waals surface area contributed by atoms with Gasteiger partial charge in [-0.05, 0) is 48.7 Å². The first kappa shape index (κ1) is 21.2. The number of para-hydroxylation sites is 1. The average Bonchev–Trinajstić information content (AvgIpc) is 3.28. The number of aryl methyl sites for hydroxylation is 1. The number of hydrogen-bond acceptors (Lipinski definition) is 6. The Labute approximate surface area is 195 Å². The van der Waals surface area contributed by atoms with E-state index in [9.17, 15) is 4.79 Å². The molecule has 0 amide bonds. The van der Waals surface area contributed by atoms with E-state index in [2.05, 4.69) is 10.1 Å². The molecule has 0 spiro atoms. The number of thioether (sulfide) groups is 1. The highest BCUT2D eigenvalue weighted by molar-refractivity contribution is 7.98. The Kier molecular flexibility index (Phi) is 5.79. The molecule has 0 aliphatic rings. The van der Waals surface area contributed by atoms with Gasteiger partial charge in [-0.25, -0.2) is 4.98 Å². The van der Waals surface area contributed by atoms with Gasteiger partial charge in [0, 0.05) is 6.42 Å². The van der Waals surface area contributed by atoms with Crippen molar-refractivity contribution in [3.63, 3.8) is 0 Å². The molecule has 0 saturated heterocycles. The Morgan fingerprint density at radius 2 is 1.70 bits per heavy atom. The summed E-state index contributed by atoms with van der Waals surface area (Å²) in [6, 6.07) is 23.4. The molecule has 0 fully saturated rings. The number of hydrogen-bond donors (Lipinski definition) is 0. The van der Waals surface area contributed by atoms with E-state index in [0.29, 0.717) is 39.9 Å². The van der Waals surface area contributed by atoms with Crippen molar-refractivity contribution < 1.29 is 4.52 Å². The van der Waals surface area contributed by atoms with Gasteiger partial charge in [0.25, 0.3) is 5.56 Å². The smallest absolute Gasteiger partial charge is 0.266 e. The van der Waals surface area contributed by atoms with Gasteiger partial charge in [-0.3, -0.25) is 9.36 Å². The number of aromatic nitrogens is 4. The number of fused-ring (bicyclic) bond motifs is 1. The van der Waals surface area contributed by atoms with Gasteiger partial charge < -0.3 is 4.52 Å². The third kappa shape index (κ3) is 4.32. The predicted molar refractivity (Wildman–Crippen MR) is 130 cm³/mol. The van der Waals surface area contributed by atoms with E-state index in [0.717, 1.165) is 22.4 Å². The fourth-order valence-corrected chi connectivity index (χ4v) is 4.57. The molecule has 0 radical (unpaired) electrons. The molecule has 0 aliphatic heterocycles. The molecule has 5 rings (SSSR count). The molecule has 2 aromatic heterocycles. The minimum Gasteiger partial charge on any atom is -0.338 e. The summed E-state index contributed by atoms with van der Waals surface area (Å²) >= 11 is 1.41. The molecule has 5 aromatic rings. The monoisotopic (exact) mass is 454 g/mol. The molecule has 0 saturated carbocycles. The van der Waals surface area contributed by atoms with Crippen molar-refractivity contribution in [2.45, 2.75) is 31.2 Å². The van der Waals surface area contributed by atoms with Gasteiger partial charge in [0.05, 0.1) is 22.3 Å². The van der Waals surface area contributed by atoms with Crippen molar-refractivity contribution in [1.82, 2.24) is 19.7 Å². The van der Waals surface area contributed by atoms with Crippen LogP contribution >= 0.6 is 11.8 Å². The fraction of sp³-hybridized carbons (Fsp3) is 0.154.